The number of hydrogen-bond acceptors (Lipinski definition) is 6. The summed E-state index contributed by atoms with van der Waals surface area (Å²) in [6.07, 6.45) is 1.68. The van der Waals surface area contributed by atoms with Crippen molar-refractivity contribution < 1.29 is 9.15 Å². The van der Waals surface area contributed by atoms with Gasteiger partial charge in [0.05, 0.1) is 19.4 Å². The lowest BCUT2D eigenvalue weighted by molar-refractivity contribution is 0.204. The maximum Gasteiger partial charge on any atom is 0.205 e. The van der Waals surface area contributed by atoms with Crippen molar-refractivity contribution in [1.82, 2.24) is 9.36 Å². The number of furan rings is 1. The third kappa shape index (κ3) is 3.28. The molecule has 0 aliphatic carbocycles. The van der Waals surface area contributed by atoms with Gasteiger partial charge in [-0.3, -0.25) is 0 Å². The summed E-state index contributed by atoms with van der Waals surface area (Å²) in [6, 6.07) is 3.84. The number of methoxy groups -OCH3 is 1. The lowest BCUT2D eigenvalue weighted by Crippen LogP contribution is -2.26. The van der Waals surface area contributed by atoms with Crippen LogP contribution in [0.4, 0.5) is 5.13 Å². The summed E-state index contributed by atoms with van der Waals surface area (Å²) >= 11 is 1.40. The van der Waals surface area contributed by atoms with Gasteiger partial charge >= 0.3 is 0 Å². The first-order valence-corrected chi connectivity index (χ1v) is 6.13. The summed E-state index contributed by atoms with van der Waals surface area (Å²) in [7, 11) is 1.69. The number of nitrogens with zero attached hydrogens (tertiary/aromatic N) is 3. The zero-order valence-corrected chi connectivity index (χ0v) is 10.7. The van der Waals surface area contributed by atoms with E-state index in [0.29, 0.717) is 13.2 Å². The standard InChI is InChI=1S/C11H15N3O2S/c1-9-12-11(17-13-9)14(5-7-15-2)8-10-4-3-6-16-10/h3-4,6H,5,7-8H2,1-2H3. The average molecular weight is 253 g/mol. The molecular formula is C11H15N3O2S. The third-order valence-electron chi connectivity index (χ3n) is 2.28. The molecule has 0 bridgehead atoms. The largest absolute Gasteiger partial charge is 0.467 e. The molecule has 17 heavy (non-hydrogen) atoms. The maximum atomic E-state index is 5.35. The summed E-state index contributed by atoms with van der Waals surface area (Å²) in [5, 5.41) is 0.899. The van der Waals surface area contributed by atoms with Crippen LogP contribution in [-0.4, -0.2) is 29.6 Å². The number of ether oxygens (including phenoxy) is 1. The molecule has 2 rings (SSSR count). The lowest BCUT2D eigenvalue weighted by Gasteiger charge is -2.19. The predicted molar refractivity (Wildman–Crippen MR) is 66.3 cm³/mol. The van der Waals surface area contributed by atoms with Gasteiger partial charge in [-0.1, -0.05) is 0 Å². The molecule has 0 unspecified atom stereocenters. The van der Waals surface area contributed by atoms with Crippen LogP contribution in [0.3, 0.4) is 0 Å². The van der Waals surface area contributed by atoms with Crippen LogP contribution in [0.25, 0.3) is 0 Å². The summed E-state index contributed by atoms with van der Waals surface area (Å²) in [5.41, 5.74) is 0. The van der Waals surface area contributed by atoms with Crippen molar-refractivity contribution in [3.05, 3.63) is 30.0 Å². The Balaban J connectivity index is 2.07. The molecule has 0 aromatic carbocycles. The van der Waals surface area contributed by atoms with Crippen molar-refractivity contribution in [3.8, 4) is 0 Å². The molecule has 0 N–H and O–H groups in total. The molecule has 0 aliphatic heterocycles. The van der Waals surface area contributed by atoms with Crippen LogP contribution in [0.2, 0.25) is 0 Å². The predicted octanol–water partition coefficient (Wildman–Crippen LogP) is 2.09. The number of hydrogen-bond donors (Lipinski definition) is 0. The van der Waals surface area contributed by atoms with Gasteiger partial charge in [0.2, 0.25) is 5.13 Å². The highest BCUT2D eigenvalue weighted by Crippen LogP contribution is 2.19. The summed E-state index contributed by atoms with van der Waals surface area (Å²) in [5.74, 6) is 1.71. The molecule has 2 heterocycles. The van der Waals surface area contributed by atoms with Crippen molar-refractivity contribution in [2.75, 3.05) is 25.2 Å². The van der Waals surface area contributed by atoms with E-state index in [1.54, 1.807) is 13.4 Å². The van der Waals surface area contributed by atoms with Gasteiger partial charge in [-0.05, 0) is 19.1 Å². The Hall–Kier alpha value is -1.40. The zero-order chi connectivity index (χ0) is 12.1. The van der Waals surface area contributed by atoms with Crippen molar-refractivity contribution in [3.63, 3.8) is 0 Å². The van der Waals surface area contributed by atoms with Gasteiger partial charge in [0.15, 0.2) is 0 Å². The molecule has 0 fully saturated rings. The van der Waals surface area contributed by atoms with E-state index in [-0.39, 0.29) is 0 Å². The van der Waals surface area contributed by atoms with E-state index in [9.17, 15) is 0 Å². The minimum Gasteiger partial charge on any atom is -0.467 e. The van der Waals surface area contributed by atoms with E-state index in [4.69, 9.17) is 9.15 Å². The second kappa shape index (κ2) is 5.79. The van der Waals surface area contributed by atoms with E-state index in [1.807, 2.05) is 19.1 Å². The van der Waals surface area contributed by atoms with Crippen molar-refractivity contribution >= 4 is 16.7 Å². The molecular weight excluding hydrogens is 238 g/mol. The van der Waals surface area contributed by atoms with Crippen LogP contribution in [0, 0.1) is 6.92 Å². The Morgan fingerprint density at radius 2 is 2.41 bits per heavy atom. The molecule has 0 aliphatic rings. The molecule has 92 valence electrons. The van der Waals surface area contributed by atoms with Crippen LogP contribution in [-0.2, 0) is 11.3 Å². The normalized spacial score (nSPS) is 10.7. The van der Waals surface area contributed by atoms with Crippen LogP contribution in [0.1, 0.15) is 11.6 Å². The number of anilines is 1. The highest BCUT2D eigenvalue weighted by Gasteiger charge is 2.12. The van der Waals surface area contributed by atoms with E-state index < -0.39 is 0 Å². The molecule has 0 amide bonds. The van der Waals surface area contributed by atoms with Gasteiger partial charge in [0.25, 0.3) is 0 Å². The third-order valence-corrected chi connectivity index (χ3v) is 3.15. The quantitative estimate of drug-likeness (QED) is 0.789. The molecule has 5 nitrogen and oxygen atoms in total. The van der Waals surface area contributed by atoms with Crippen LogP contribution in [0.15, 0.2) is 22.8 Å². The topological polar surface area (TPSA) is 51.4 Å². The van der Waals surface area contributed by atoms with Crippen LogP contribution in [0.5, 0.6) is 0 Å². The molecule has 0 atom stereocenters. The van der Waals surface area contributed by atoms with Crippen LogP contribution >= 0.6 is 11.5 Å². The Morgan fingerprint density at radius 3 is 3.00 bits per heavy atom. The van der Waals surface area contributed by atoms with E-state index in [0.717, 1.165) is 23.3 Å². The molecule has 0 saturated heterocycles. The fraction of sp³-hybridized carbons (Fsp3) is 0.455. The Morgan fingerprint density at radius 1 is 1.53 bits per heavy atom. The second-order valence-electron chi connectivity index (χ2n) is 3.62. The molecule has 0 spiro atoms. The first-order chi connectivity index (χ1) is 8.29. The van der Waals surface area contributed by atoms with Gasteiger partial charge in [-0.25, -0.2) is 4.98 Å². The molecule has 2 aromatic heterocycles. The highest BCUT2D eigenvalue weighted by molar-refractivity contribution is 7.09. The van der Waals surface area contributed by atoms with E-state index in [1.165, 1.54) is 11.5 Å². The Kier molecular flexibility index (Phi) is 4.11. The number of aromatic nitrogens is 2. The molecule has 0 radical (unpaired) electrons. The monoisotopic (exact) mass is 253 g/mol. The highest BCUT2D eigenvalue weighted by atomic mass is 32.1. The Bertz CT molecular complexity index is 441. The zero-order valence-electron chi connectivity index (χ0n) is 9.92. The Labute approximate surface area is 104 Å². The first-order valence-electron chi connectivity index (χ1n) is 5.36. The van der Waals surface area contributed by atoms with Crippen molar-refractivity contribution in [2.24, 2.45) is 0 Å². The van der Waals surface area contributed by atoms with E-state index in [2.05, 4.69) is 14.3 Å². The van der Waals surface area contributed by atoms with E-state index >= 15 is 0 Å². The minimum atomic E-state index is 0.652. The summed E-state index contributed by atoms with van der Waals surface area (Å²) in [4.78, 5) is 6.48. The fourth-order valence-corrected chi connectivity index (χ4v) is 2.15. The minimum absolute atomic E-state index is 0.652. The molecule has 6 heteroatoms. The van der Waals surface area contributed by atoms with Crippen LogP contribution < -0.4 is 4.90 Å². The van der Waals surface area contributed by atoms with Gasteiger partial charge in [-0.15, -0.1) is 0 Å². The summed E-state index contributed by atoms with van der Waals surface area (Å²) < 4.78 is 14.6. The lowest BCUT2D eigenvalue weighted by atomic mass is 10.4. The number of rotatable bonds is 6. The second-order valence-corrected chi connectivity index (χ2v) is 4.35. The first kappa shape index (κ1) is 12.1. The van der Waals surface area contributed by atoms with Gasteiger partial charge in [0.1, 0.15) is 11.6 Å². The SMILES string of the molecule is COCCN(Cc1ccco1)c1nc(C)ns1. The van der Waals surface area contributed by atoms with Gasteiger partial charge in [-0.2, -0.15) is 4.37 Å². The summed E-state index contributed by atoms with van der Waals surface area (Å²) in [6.45, 7) is 4.00. The van der Waals surface area contributed by atoms with Gasteiger partial charge < -0.3 is 14.1 Å². The average Bonchev–Trinajstić information content (AvgIpc) is 2.95. The molecule has 0 saturated carbocycles. The van der Waals surface area contributed by atoms with Crippen molar-refractivity contribution in [2.45, 2.75) is 13.5 Å². The maximum absolute atomic E-state index is 5.35. The molecule has 2 aromatic rings. The fourth-order valence-electron chi connectivity index (χ4n) is 1.45. The smallest absolute Gasteiger partial charge is 0.205 e. The van der Waals surface area contributed by atoms with Crippen molar-refractivity contribution in [1.29, 1.82) is 0 Å². The number of aryl methyl sites for hydroxylation is 1. The van der Waals surface area contributed by atoms with Gasteiger partial charge in [0, 0.05) is 25.2 Å².